The molecule has 0 aromatic carbocycles. The van der Waals surface area contributed by atoms with Gasteiger partial charge >= 0.3 is 0 Å². The summed E-state index contributed by atoms with van der Waals surface area (Å²) in [5, 5.41) is 16.8. The molecule has 2 aromatic heterocycles. The molecule has 2 heterocycles. The van der Waals surface area contributed by atoms with Gasteiger partial charge in [0, 0.05) is 42.7 Å². The number of hydrogen-bond donors (Lipinski definition) is 2. The summed E-state index contributed by atoms with van der Waals surface area (Å²) in [6.07, 6.45) is 5.09. The lowest BCUT2D eigenvalue weighted by molar-refractivity contribution is 0.103. The first kappa shape index (κ1) is 14.7. The molecule has 108 valence electrons. The Morgan fingerprint density at radius 2 is 2.10 bits per heavy atom. The molecule has 0 spiro atoms. The molecular formula is C15H22N4O. The molecule has 0 aliphatic rings. The van der Waals surface area contributed by atoms with Crippen molar-refractivity contribution in [2.24, 2.45) is 0 Å². The van der Waals surface area contributed by atoms with Crippen LogP contribution >= 0.6 is 0 Å². The Morgan fingerprint density at radius 1 is 1.30 bits per heavy atom. The van der Waals surface area contributed by atoms with Crippen LogP contribution in [0.5, 0.6) is 0 Å². The lowest BCUT2D eigenvalue weighted by Crippen LogP contribution is -2.36. The number of aromatic amines is 1. The summed E-state index contributed by atoms with van der Waals surface area (Å²) in [7, 11) is 0. The van der Waals surface area contributed by atoms with Crippen molar-refractivity contribution in [3.05, 3.63) is 36.3 Å². The van der Waals surface area contributed by atoms with E-state index >= 15 is 0 Å². The van der Waals surface area contributed by atoms with E-state index in [4.69, 9.17) is 0 Å². The highest BCUT2D eigenvalue weighted by Crippen LogP contribution is 2.22. The lowest BCUT2D eigenvalue weighted by Gasteiger charge is -2.27. The van der Waals surface area contributed by atoms with E-state index in [2.05, 4.69) is 33.9 Å². The minimum Gasteiger partial charge on any atom is -0.392 e. The number of aliphatic hydroxyl groups is 1. The van der Waals surface area contributed by atoms with Crippen molar-refractivity contribution in [3.63, 3.8) is 0 Å². The van der Waals surface area contributed by atoms with Gasteiger partial charge in [-0.25, -0.2) is 0 Å². The smallest absolute Gasteiger partial charge is 0.0710 e. The van der Waals surface area contributed by atoms with Gasteiger partial charge in [-0.15, -0.1) is 0 Å². The molecule has 0 saturated carbocycles. The third kappa shape index (κ3) is 3.65. The summed E-state index contributed by atoms with van der Waals surface area (Å²) in [5.74, 6) is 0. The molecule has 2 rings (SSSR count). The van der Waals surface area contributed by atoms with Crippen molar-refractivity contribution >= 4 is 0 Å². The highest BCUT2D eigenvalue weighted by molar-refractivity contribution is 5.61. The summed E-state index contributed by atoms with van der Waals surface area (Å²) >= 11 is 0. The number of aromatic nitrogens is 3. The molecule has 0 aliphatic carbocycles. The normalized spacial score (nSPS) is 13.1. The number of hydrogen-bond acceptors (Lipinski definition) is 4. The Hall–Kier alpha value is -1.72. The zero-order valence-corrected chi connectivity index (χ0v) is 12.2. The van der Waals surface area contributed by atoms with Crippen molar-refractivity contribution < 1.29 is 5.11 Å². The monoisotopic (exact) mass is 274 g/mol. The highest BCUT2D eigenvalue weighted by Gasteiger charge is 2.16. The third-order valence-corrected chi connectivity index (χ3v) is 3.27. The molecular weight excluding hydrogens is 252 g/mol. The van der Waals surface area contributed by atoms with Gasteiger partial charge in [-0.1, -0.05) is 0 Å². The number of rotatable bonds is 6. The summed E-state index contributed by atoms with van der Waals surface area (Å²) in [6.45, 7) is 7.48. The van der Waals surface area contributed by atoms with E-state index in [1.165, 1.54) is 0 Å². The fourth-order valence-electron chi connectivity index (χ4n) is 2.21. The Bertz CT molecular complexity index is 522. The van der Waals surface area contributed by atoms with Crippen LogP contribution in [0.25, 0.3) is 11.3 Å². The average molecular weight is 274 g/mol. The molecule has 20 heavy (non-hydrogen) atoms. The van der Waals surface area contributed by atoms with E-state index < -0.39 is 0 Å². The van der Waals surface area contributed by atoms with Gasteiger partial charge < -0.3 is 5.11 Å². The molecule has 0 amide bonds. The number of nitrogens with zero attached hydrogens (tertiary/aromatic N) is 3. The molecule has 0 bridgehead atoms. The number of aliphatic hydroxyl groups excluding tert-OH is 1. The molecule has 1 atom stereocenters. The maximum absolute atomic E-state index is 9.61. The predicted octanol–water partition coefficient (Wildman–Crippen LogP) is 2.06. The van der Waals surface area contributed by atoms with Crippen LogP contribution in [-0.4, -0.2) is 43.9 Å². The van der Waals surface area contributed by atoms with Gasteiger partial charge in [0.1, 0.15) is 0 Å². The van der Waals surface area contributed by atoms with Crippen LogP contribution < -0.4 is 0 Å². The minimum absolute atomic E-state index is 0.342. The van der Waals surface area contributed by atoms with Crippen molar-refractivity contribution in [2.45, 2.75) is 39.5 Å². The largest absolute Gasteiger partial charge is 0.392 e. The van der Waals surface area contributed by atoms with E-state index in [9.17, 15) is 5.11 Å². The highest BCUT2D eigenvalue weighted by atomic mass is 16.3. The fourth-order valence-corrected chi connectivity index (χ4v) is 2.21. The number of H-pyrrole nitrogens is 1. The lowest BCUT2D eigenvalue weighted by atomic mass is 10.1. The van der Waals surface area contributed by atoms with Crippen LogP contribution in [0, 0.1) is 0 Å². The second-order valence-electron chi connectivity index (χ2n) is 5.38. The van der Waals surface area contributed by atoms with Crippen LogP contribution in [0.15, 0.2) is 30.7 Å². The second-order valence-corrected chi connectivity index (χ2v) is 5.38. The van der Waals surface area contributed by atoms with Crippen molar-refractivity contribution in [3.8, 4) is 11.3 Å². The first-order chi connectivity index (χ1) is 9.58. The summed E-state index contributed by atoms with van der Waals surface area (Å²) in [6, 6.07) is 4.29. The van der Waals surface area contributed by atoms with E-state index in [-0.39, 0.29) is 6.10 Å². The predicted molar refractivity (Wildman–Crippen MR) is 79.0 cm³/mol. The Balaban J connectivity index is 2.19. The van der Waals surface area contributed by atoms with Crippen molar-refractivity contribution in [1.29, 1.82) is 0 Å². The molecule has 5 heteroatoms. The molecule has 1 unspecified atom stereocenters. The Labute approximate surface area is 119 Å². The van der Waals surface area contributed by atoms with Crippen molar-refractivity contribution in [2.75, 3.05) is 6.54 Å². The van der Waals surface area contributed by atoms with Crippen LogP contribution in [-0.2, 0) is 6.54 Å². The Kier molecular flexibility index (Phi) is 4.87. The number of nitrogens with one attached hydrogen (secondary N) is 1. The van der Waals surface area contributed by atoms with Gasteiger partial charge in [-0.05, 0) is 32.9 Å². The van der Waals surface area contributed by atoms with Gasteiger partial charge in [0.25, 0.3) is 0 Å². The number of pyridine rings is 1. The van der Waals surface area contributed by atoms with Gasteiger partial charge in [0.15, 0.2) is 0 Å². The average Bonchev–Trinajstić information content (AvgIpc) is 2.86. The van der Waals surface area contributed by atoms with Crippen LogP contribution in [0.2, 0.25) is 0 Å². The van der Waals surface area contributed by atoms with E-state index in [0.717, 1.165) is 23.4 Å². The van der Waals surface area contributed by atoms with Gasteiger partial charge in [0.2, 0.25) is 0 Å². The van der Waals surface area contributed by atoms with Crippen molar-refractivity contribution in [1.82, 2.24) is 20.1 Å². The molecule has 5 nitrogen and oxygen atoms in total. The van der Waals surface area contributed by atoms with E-state index in [1.807, 2.05) is 31.5 Å². The fraction of sp³-hybridized carbons (Fsp3) is 0.467. The van der Waals surface area contributed by atoms with E-state index in [1.54, 1.807) is 6.20 Å². The van der Waals surface area contributed by atoms with Crippen LogP contribution in [0.4, 0.5) is 0 Å². The van der Waals surface area contributed by atoms with Crippen LogP contribution in [0.3, 0.4) is 0 Å². The molecule has 0 fully saturated rings. The maximum Gasteiger partial charge on any atom is 0.0710 e. The summed E-state index contributed by atoms with van der Waals surface area (Å²) in [5.41, 5.74) is 3.14. The molecule has 0 saturated heterocycles. The standard InChI is InChI=1S/C15H22N4O/c1-11(2)19(9-12(3)20)10-14-8-17-18-15(14)13-5-4-6-16-7-13/h4-8,11-12,20H,9-10H2,1-3H3,(H,17,18). The quantitative estimate of drug-likeness (QED) is 0.846. The SMILES string of the molecule is CC(O)CN(Cc1cn[nH]c1-c1cccnc1)C(C)C. The maximum atomic E-state index is 9.61. The molecule has 0 radical (unpaired) electrons. The summed E-state index contributed by atoms with van der Waals surface area (Å²) < 4.78 is 0. The third-order valence-electron chi connectivity index (χ3n) is 3.27. The molecule has 0 aliphatic heterocycles. The van der Waals surface area contributed by atoms with Gasteiger partial charge in [-0.3, -0.25) is 15.0 Å². The van der Waals surface area contributed by atoms with Gasteiger partial charge in [-0.2, -0.15) is 5.10 Å². The summed E-state index contributed by atoms with van der Waals surface area (Å²) in [4.78, 5) is 6.37. The minimum atomic E-state index is -0.342. The first-order valence-corrected chi connectivity index (χ1v) is 6.92. The molecule has 2 aromatic rings. The first-order valence-electron chi connectivity index (χ1n) is 6.92. The van der Waals surface area contributed by atoms with Crippen LogP contribution in [0.1, 0.15) is 26.3 Å². The second kappa shape index (κ2) is 6.63. The zero-order chi connectivity index (χ0) is 14.5. The van der Waals surface area contributed by atoms with Gasteiger partial charge in [0.05, 0.1) is 18.0 Å². The van der Waals surface area contributed by atoms with E-state index in [0.29, 0.717) is 12.6 Å². The Morgan fingerprint density at radius 3 is 2.70 bits per heavy atom. The zero-order valence-electron chi connectivity index (χ0n) is 12.2. The molecule has 2 N–H and O–H groups in total. The topological polar surface area (TPSA) is 65.0 Å².